The number of pyridine rings is 1. The minimum atomic E-state index is 0.0847. The third kappa shape index (κ3) is 2.67. The van der Waals surface area contributed by atoms with Crippen LogP contribution < -0.4 is 0 Å². The molecule has 0 unspecified atom stereocenters. The highest BCUT2D eigenvalue weighted by molar-refractivity contribution is 5.79. The third-order valence-electron chi connectivity index (χ3n) is 4.92. The molecule has 4 rings (SSSR count). The van der Waals surface area contributed by atoms with Gasteiger partial charge in [0, 0.05) is 24.0 Å². The first-order valence-electron chi connectivity index (χ1n) is 8.35. The smallest absolute Gasteiger partial charge is 0.140 e. The van der Waals surface area contributed by atoms with Crippen molar-refractivity contribution >= 4 is 17.2 Å². The molecule has 1 saturated carbocycles. The number of benzene rings is 1. The summed E-state index contributed by atoms with van der Waals surface area (Å²) >= 11 is 0. The predicted octanol–water partition coefficient (Wildman–Crippen LogP) is 4.42. The number of aromatic nitrogens is 2. The molecule has 0 spiro atoms. The Balaban J connectivity index is 1.65. The Labute approximate surface area is 136 Å². The summed E-state index contributed by atoms with van der Waals surface area (Å²) in [6.45, 7) is 0.822. The lowest BCUT2D eigenvalue weighted by atomic mass is 9.97. The summed E-state index contributed by atoms with van der Waals surface area (Å²) in [5, 5.41) is 1.21. The van der Waals surface area contributed by atoms with Gasteiger partial charge in [0.2, 0.25) is 0 Å². The van der Waals surface area contributed by atoms with E-state index >= 15 is 0 Å². The van der Waals surface area contributed by atoms with Crippen LogP contribution in [0.4, 0.5) is 0 Å². The SMILES string of the molecule is C(=NCC1(n2ccc3cccnc32)CCCC1)c1ccccc1. The number of hydrogen-bond acceptors (Lipinski definition) is 2. The van der Waals surface area contributed by atoms with Crippen LogP contribution >= 0.6 is 0 Å². The molecule has 1 aliphatic carbocycles. The first kappa shape index (κ1) is 14.2. The van der Waals surface area contributed by atoms with Gasteiger partial charge in [0.05, 0.1) is 12.1 Å². The highest BCUT2D eigenvalue weighted by atomic mass is 15.1. The summed E-state index contributed by atoms with van der Waals surface area (Å²) in [6, 6.07) is 16.6. The fourth-order valence-corrected chi connectivity index (χ4v) is 3.72. The first-order chi connectivity index (χ1) is 11.4. The van der Waals surface area contributed by atoms with Crippen molar-refractivity contribution in [3.8, 4) is 0 Å². The van der Waals surface area contributed by atoms with E-state index in [0.29, 0.717) is 0 Å². The summed E-state index contributed by atoms with van der Waals surface area (Å²) in [5.41, 5.74) is 2.34. The molecule has 2 heterocycles. The van der Waals surface area contributed by atoms with Gasteiger partial charge >= 0.3 is 0 Å². The van der Waals surface area contributed by atoms with Gasteiger partial charge in [-0.05, 0) is 36.6 Å². The van der Waals surface area contributed by atoms with Crippen LogP contribution in [-0.4, -0.2) is 22.3 Å². The average Bonchev–Trinajstić information content (AvgIpc) is 3.23. The predicted molar refractivity (Wildman–Crippen MR) is 95.1 cm³/mol. The normalized spacial score (nSPS) is 17.2. The van der Waals surface area contributed by atoms with Gasteiger partial charge in [0.1, 0.15) is 5.65 Å². The van der Waals surface area contributed by atoms with E-state index in [9.17, 15) is 0 Å². The van der Waals surface area contributed by atoms with Crippen molar-refractivity contribution in [2.45, 2.75) is 31.2 Å². The molecule has 2 aromatic heterocycles. The maximum atomic E-state index is 4.78. The maximum absolute atomic E-state index is 4.78. The Kier molecular flexibility index (Phi) is 3.70. The van der Waals surface area contributed by atoms with E-state index < -0.39 is 0 Å². The van der Waals surface area contributed by atoms with Gasteiger partial charge in [0.25, 0.3) is 0 Å². The second kappa shape index (κ2) is 5.99. The van der Waals surface area contributed by atoms with Crippen LogP contribution in [0.1, 0.15) is 31.2 Å². The highest BCUT2D eigenvalue weighted by Gasteiger charge is 2.36. The molecule has 23 heavy (non-hydrogen) atoms. The quantitative estimate of drug-likeness (QED) is 0.656. The Morgan fingerprint density at radius 2 is 1.87 bits per heavy atom. The minimum Gasteiger partial charge on any atom is -0.325 e. The highest BCUT2D eigenvalue weighted by Crippen LogP contribution is 2.39. The standard InChI is InChI=1S/C20H21N3/c1-2-7-17(8-3-1)15-21-16-20(11-4-5-12-20)23-14-10-18-9-6-13-22-19(18)23/h1-3,6-10,13-15H,4-5,11-12,16H2. The van der Waals surface area contributed by atoms with Crippen LogP contribution in [-0.2, 0) is 5.54 Å². The van der Waals surface area contributed by atoms with Crippen molar-refractivity contribution < 1.29 is 0 Å². The van der Waals surface area contributed by atoms with E-state index in [0.717, 1.165) is 17.8 Å². The number of rotatable bonds is 4. The lowest BCUT2D eigenvalue weighted by Gasteiger charge is -2.30. The van der Waals surface area contributed by atoms with Crippen molar-refractivity contribution in [3.05, 3.63) is 66.5 Å². The van der Waals surface area contributed by atoms with Crippen molar-refractivity contribution in [1.82, 2.24) is 9.55 Å². The van der Waals surface area contributed by atoms with Gasteiger partial charge in [0.15, 0.2) is 0 Å². The second-order valence-electron chi connectivity index (χ2n) is 6.41. The molecule has 3 heteroatoms. The minimum absolute atomic E-state index is 0.0847. The fourth-order valence-electron chi connectivity index (χ4n) is 3.72. The number of fused-ring (bicyclic) bond motifs is 1. The van der Waals surface area contributed by atoms with Crippen LogP contribution in [0.15, 0.2) is 65.9 Å². The molecule has 1 fully saturated rings. The fraction of sp³-hybridized carbons (Fsp3) is 0.300. The summed E-state index contributed by atoms with van der Waals surface area (Å²) in [5.74, 6) is 0. The van der Waals surface area contributed by atoms with Crippen molar-refractivity contribution in [1.29, 1.82) is 0 Å². The molecule has 1 aliphatic rings. The molecule has 0 aliphatic heterocycles. The van der Waals surface area contributed by atoms with E-state index in [1.54, 1.807) is 0 Å². The molecule has 3 aromatic rings. The van der Waals surface area contributed by atoms with Gasteiger partial charge < -0.3 is 4.57 Å². The first-order valence-corrected chi connectivity index (χ1v) is 8.35. The van der Waals surface area contributed by atoms with Crippen molar-refractivity contribution in [3.63, 3.8) is 0 Å². The van der Waals surface area contributed by atoms with E-state index in [1.807, 2.05) is 24.5 Å². The van der Waals surface area contributed by atoms with Crippen LogP contribution in [0.5, 0.6) is 0 Å². The topological polar surface area (TPSA) is 30.2 Å². The molecule has 116 valence electrons. The average molecular weight is 303 g/mol. The lowest BCUT2D eigenvalue weighted by molar-refractivity contribution is 0.314. The zero-order valence-corrected chi connectivity index (χ0v) is 13.2. The molecule has 0 radical (unpaired) electrons. The van der Waals surface area contributed by atoms with Crippen LogP contribution in [0.3, 0.4) is 0 Å². The third-order valence-corrected chi connectivity index (χ3v) is 4.92. The Bertz CT molecular complexity index is 811. The van der Waals surface area contributed by atoms with Crippen molar-refractivity contribution in [2.24, 2.45) is 4.99 Å². The molecule has 1 aromatic carbocycles. The van der Waals surface area contributed by atoms with Crippen molar-refractivity contribution in [2.75, 3.05) is 6.54 Å². The van der Waals surface area contributed by atoms with E-state index in [2.05, 4.69) is 52.1 Å². The lowest BCUT2D eigenvalue weighted by Crippen LogP contribution is -2.33. The molecule has 0 amide bonds. The second-order valence-corrected chi connectivity index (χ2v) is 6.41. The van der Waals surface area contributed by atoms with Gasteiger partial charge in [-0.25, -0.2) is 4.98 Å². The van der Waals surface area contributed by atoms with Crippen LogP contribution in [0, 0.1) is 0 Å². The molecule has 0 N–H and O–H groups in total. The summed E-state index contributed by atoms with van der Waals surface area (Å²) in [4.78, 5) is 9.39. The largest absolute Gasteiger partial charge is 0.325 e. The molecule has 0 atom stereocenters. The zero-order valence-electron chi connectivity index (χ0n) is 13.2. The number of aliphatic imine (C=N–C) groups is 1. The van der Waals surface area contributed by atoms with Gasteiger partial charge in [-0.15, -0.1) is 0 Å². The summed E-state index contributed by atoms with van der Waals surface area (Å²) < 4.78 is 2.37. The van der Waals surface area contributed by atoms with E-state index in [-0.39, 0.29) is 5.54 Å². The van der Waals surface area contributed by atoms with Gasteiger partial charge in [-0.1, -0.05) is 43.2 Å². The molecule has 0 saturated heterocycles. The van der Waals surface area contributed by atoms with Crippen LogP contribution in [0.25, 0.3) is 11.0 Å². The van der Waals surface area contributed by atoms with E-state index in [1.165, 1.54) is 31.1 Å². The van der Waals surface area contributed by atoms with Crippen LogP contribution in [0.2, 0.25) is 0 Å². The number of nitrogens with zero attached hydrogens (tertiary/aromatic N) is 3. The Hall–Kier alpha value is -2.42. The summed E-state index contributed by atoms with van der Waals surface area (Å²) in [7, 11) is 0. The van der Waals surface area contributed by atoms with Gasteiger partial charge in [-0.2, -0.15) is 0 Å². The molecular weight excluding hydrogens is 282 g/mol. The Morgan fingerprint density at radius 3 is 2.70 bits per heavy atom. The van der Waals surface area contributed by atoms with E-state index in [4.69, 9.17) is 4.99 Å². The molecule has 3 nitrogen and oxygen atoms in total. The summed E-state index contributed by atoms with van der Waals surface area (Å²) in [6.07, 6.45) is 11.0. The molecular formula is C20H21N3. The molecule has 0 bridgehead atoms. The Morgan fingerprint density at radius 1 is 1.04 bits per heavy atom. The monoisotopic (exact) mass is 303 g/mol. The van der Waals surface area contributed by atoms with Gasteiger partial charge in [-0.3, -0.25) is 4.99 Å². The zero-order chi connectivity index (χ0) is 15.5. The number of hydrogen-bond donors (Lipinski definition) is 0. The maximum Gasteiger partial charge on any atom is 0.140 e.